The number of carbonyl (C=O) groups excluding carboxylic acids is 3. The average Bonchev–Trinajstić information content (AvgIpc) is 2.66. The second-order valence-corrected chi connectivity index (χ2v) is 10.3. The molecule has 2 fully saturated rings. The van der Waals surface area contributed by atoms with Crippen LogP contribution in [0.4, 0.5) is 0 Å². The van der Waals surface area contributed by atoms with Crippen molar-refractivity contribution in [3.05, 3.63) is 23.3 Å². The zero-order chi connectivity index (χ0) is 24.3. The number of hydrogen-bond acceptors (Lipinski definition) is 8. The van der Waals surface area contributed by atoms with Crippen molar-refractivity contribution in [1.82, 2.24) is 0 Å². The van der Waals surface area contributed by atoms with E-state index in [9.17, 15) is 29.7 Å². The zero-order valence-corrected chi connectivity index (χ0v) is 19.5. The average molecular weight is 451 g/mol. The number of carbonyl (C=O) groups is 3. The first-order valence-electron chi connectivity index (χ1n) is 11.0. The zero-order valence-electron chi connectivity index (χ0n) is 19.5. The minimum atomic E-state index is -1.33. The Labute approximate surface area is 188 Å². The Morgan fingerprint density at radius 2 is 1.59 bits per heavy atom. The second-order valence-electron chi connectivity index (χ2n) is 10.3. The Balaban J connectivity index is 2.32. The van der Waals surface area contributed by atoms with Gasteiger partial charge in [-0.15, -0.1) is 0 Å². The van der Waals surface area contributed by atoms with Gasteiger partial charge in [-0.3, -0.25) is 14.4 Å². The smallest absolute Gasteiger partial charge is 0.303 e. The Hall–Kier alpha value is -2.03. The number of esters is 2. The molecular formula is C24H34O8. The number of aliphatic hydroxyl groups is 3. The van der Waals surface area contributed by atoms with E-state index in [1.54, 1.807) is 13.8 Å². The Kier molecular flexibility index (Phi) is 6.21. The number of Topliss-reactive ketones (excluding diaryl/α,β-unsaturated/α-hetero) is 1. The molecule has 0 spiro atoms. The summed E-state index contributed by atoms with van der Waals surface area (Å²) >= 11 is 0. The van der Waals surface area contributed by atoms with E-state index in [2.05, 4.69) is 6.58 Å². The first-order chi connectivity index (χ1) is 14.6. The number of ketones is 1. The predicted molar refractivity (Wildman–Crippen MR) is 114 cm³/mol. The number of fused-ring (bicyclic) bond motifs is 3. The second kappa shape index (κ2) is 8.08. The van der Waals surface area contributed by atoms with Crippen molar-refractivity contribution in [3.8, 4) is 0 Å². The van der Waals surface area contributed by atoms with Crippen LogP contribution in [0.2, 0.25) is 0 Å². The fraction of sp³-hybridized carbons (Fsp3) is 0.708. The first-order valence-corrected chi connectivity index (χ1v) is 11.0. The summed E-state index contributed by atoms with van der Waals surface area (Å²) in [5.41, 5.74) is -1.01. The maximum atomic E-state index is 14.0. The predicted octanol–water partition coefficient (Wildman–Crippen LogP) is 1.46. The Bertz CT molecular complexity index is 886. The van der Waals surface area contributed by atoms with E-state index in [1.165, 1.54) is 13.8 Å². The van der Waals surface area contributed by atoms with Crippen molar-refractivity contribution in [2.24, 2.45) is 22.7 Å². The summed E-state index contributed by atoms with van der Waals surface area (Å²) in [5.74, 6) is -2.94. The van der Waals surface area contributed by atoms with Crippen LogP contribution in [-0.4, -0.2) is 63.6 Å². The molecular weight excluding hydrogens is 416 g/mol. The number of aliphatic hydroxyl groups excluding tert-OH is 3. The number of ether oxygens (including phenoxy) is 2. The van der Waals surface area contributed by atoms with Gasteiger partial charge in [-0.05, 0) is 41.7 Å². The minimum Gasteiger partial charge on any atom is -0.462 e. The molecule has 0 amide bonds. The van der Waals surface area contributed by atoms with Gasteiger partial charge in [-0.1, -0.05) is 27.4 Å². The molecule has 0 aromatic heterocycles. The van der Waals surface area contributed by atoms with Gasteiger partial charge in [-0.2, -0.15) is 0 Å². The molecule has 0 saturated heterocycles. The third-order valence-corrected chi connectivity index (χ3v) is 8.03. The molecule has 32 heavy (non-hydrogen) atoms. The standard InChI is InChI=1S/C24H34O8/c1-10-14-8-15-20(29)19(28)11(2)18(23(15,5)6)21(30)22(32-13(4)26)24(14,7)17(9-16(10)27)31-12(3)25/h14-17,19-20,22,27-29H,1,8-9H2,2-7H3/t14-,15-,16+,17+,19-,20-,22+,24+/m1/s1. The van der Waals surface area contributed by atoms with E-state index >= 15 is 0 Å². The van der Waals surface area contributed by atoms with E-state index in [0.29, 0.717) is 16.7 Å². The fourth-order valence-electron chi connectivity index (χ4n) is 6.30. The van der Waals surface area contributed by atoms with Crippen LogP contribution in [0.1, 0.15) is 54.4 Å². The van der Waals surface area contributed by atoms with Crippen LogP contribution in [0.5, 0.6) is 0 Å². The van der Waals surface area contributed by atoms with Crippen LogP contribution in [-0.2, 0) is 23.9 Å². The molecule has 0 heterocycles. The molecule has 0 aromatic carbocycles. The van der Waals surface area contributed by atoms with Gasteiger partial charge in [0.25, 0.3) is 0 Å². The minimum absolute atomic E-state index is 0.00766. The number of rotatable bonds is 2. The van der Waals surface area contributed by atoms with Crippen LogP contribution in [0.3, 0.4) is 0 Å². The topological polar surface area (TPSA) is 130 Å². The quantitative estimate of drug-likeness (QED) is 0.426. The summed E-state index contributed by atoms with van der Waals surface area (Å²) in [6.45, 7) is 13.5. The normalized spacial score (nSPS) is 41.3. The summed E-state index contributed by atoms with van der Waals surface area (Å²) in [5, 5.41) is 32.4. The molecule has 0 aromatic rings. The van der Waals surface area contributed by atoms with Gasteiger partial charge in [0.05, 0.1) is 17.6 Å². The van der Waals surface area contributed by atoms with Crippen molar-refractivity contribution >= 4 is 17.7 Å². The Morgan fingerprint density at radius 3 is 2.12 bits per heavy atom. The molecule has 2 saturated carbocycles. The van der Waals surface area contributed by atoms with Crippen LogP contribution in [0, 0.1) is 22.7 Å². The third kappa shape index (κ3) is 3.53. The lowest BCUT2D eigenvalue weighted by Gasteiger charge is -2.57. The van der Waals surface area contributed by atoms with Crippen LogP contribution in [0.15, 0.2) is 23.3 Å². The van der Waals surface area contributed by atoms with Gasteiger partial charge >= 0.3 is 11.9 Å². The molecule has 3 rings (SSSR count). The highest BCUT2D eigenvalue weighted by atomic mass is 16.6. The summed E-state index contributed by atoms with van der Waals surface area (Å²) < 4.78 is 11.2. The highest BCUT2D eigenvalue weighted by molar-refractivity contribution is 6.02. The summed E-state index contributed by atoms with van der Waals surface area (Å²) in [6, 6.07) is 0. The summed E-state index contributed by atoms with van der Waals surface area (Å²) in [4.78, 5) is 38.1. The lowest BCUT2D eigenvalue weighted by Crippen LogP contribution is -2.64. The van der Waals surface area contributed by atoms with Gasteiger partial charge in [0.1, 0.15) is 12.2 Å². The largest absolute Gasteiger partial charge is 0.462 e. The highest BCUT2D eigenvalue weighted by Crippen LogP contribution is 2.59. The van der Waals surface area contributed by atoms with Gasteiger partial charge < -0.3 is 24.8 Å². The maximum absolute atomic E-state index is 14.0. The molecule has 3 N–H and O–H groups in total. The SMILES string of the molecule is C=C1[C@H]2C[C@@H]3[C@@H](O)[C@H](O)C(C)=C(C(=O)[C@H](OC(C)=O)[C@]2(C)[C@@H](OC(C)=O)C[C@@H]1O)C3(C)C. The molecule has 178 valence electrons. The fourth-order valence-corrected chi connectivity index (χ4v) is 6.30. The van der Waals surface area contributed by atoms with Crippen molar-refractivity contribution in [2.45, 2.75) is 84.9 Å². The van der Waals surface area contributed by atoms with Gasteiger partial charge in [0, 0.05) is 25.8 Å². The Morgan fingerprint density at radius 1 is 1.03 bits per heavy atom. The lowest BCUT2D eigenvalue weighted by atomic mass is 9.49. The van der Waals surface area contributed by atoms with E-state index in [0.717, 1.165) is 0 Å². The first kappa shape index (κ1) is 24.6. The van der Waals surface area contributed by atoms with Crippen molar-refractivity contribution in [3.63, 3.8) is 0 Å². The van der Waals surface area contributed by atoms with Crippen LogP contribution >= 0.6 is 0 Å². The molecule has 3 aliphatic rings. The monoisotopic (exact) mass is 450 g/mol. The van der Waals surface area contributed by atoms with Crippen LogP contribution in [0.25, 0.3) is 0 Å². The molecule has 8 heteroatoms. The van der Waals surface area contributed by atoms with Crippen LogP contribution < -0.4 is 0 Å². The molecule has 8 atom stereocenters. The van der Waals surface area contributed by atoms with Gasteiger partial charge in [0.15, 0.2) is 6.10 Å². The van der Waals surface area contributed by atoms with Crippen molar-refractivity contribution in [2.75, 3.05) is 0 Å². The maximum Gasteiger partial charge on any atom is 0.303 e. The van der Waals surface area contributed by atoms with Crippen molar-refractivity contribution in [1.29, 1.82) is 0 Å². The molecule has 0 aliphatic heterocycles. The lowest BCUT2D eigenvalue weighted by molar-refractivity contribution is -0.194. The summed E-state index contributed by atoms with van der Waals surface area (Å²) in [6.07, 6.45) is -5.40. The molecule has 3 aliphatic carbocycles. The molecule has 8 nitrogen and oxygen atoms in total. The molecule has 2 bridgehead atoms. The van der Waals surface area contributed by atoms with E-state index in [-0.39, 0.29) is 12.8 Å². The van der Waals surface area contributed by atoms with E-state index in [4.69, 9.17) is 9.47 Å². The third-order valence-electron chi connectivity index (χ3n) is 8.03. The number of hydrogen-bond donors (Lipinski definition) is 3. The summed E-state index contributed by atoms with van der Waals surface area (Å²) in [7, 11) is 0. The van der Waals surface area contributed by atoms with Crippen molar-refractivity contribution < 1.29 is 39.2 Å². The van der Waals surface area contributed by atoms with E-state index in [1.807, 2.05) is 13.8 Å². The van der Waals surface area contributed by atoms with Gasteiger partial charge in [-0.25, -0.2) is 0 Å². The van der Waals surface area contributed by atoms with E-state index < -0.39 is 70.9 Å². The highest BCUT2D eigenvalue weighted by Gasteiger charge is 2.64. The molecule has 0 unspecified atom stereocenters. The van der Waals surface area contributed by atoms with Gasteiger partial charge in [0.2, 0.25) is 5.78 Å². The molecule has 0 radical (unpaired) electrons.